The third-order valence-corrected chi connectivity index (χ3v) is 11.1. The van der Waals surface area contributed by atoms with E-state index in [9.17, 15) is 9.59 Å². The van der Waals surface area contributed by atoms with Gasteiger partial charge in [-0.15, -0.1) is 0 Å². The number of carbonyl (C=O) groups excluding carboxylic acids is 2. The Kier molecular flexibility index (Phi) is 5.01. The van der Waals surface area contributed by atoms with Gasteiger partial charge in [-0.1, -0.05) is 18.7 Å². The van der Waals surface area contributed by atoms with E-state index in [1.807, 2.05) is 13.0 Å². The van der Waals surface area contributed by atoms with E-state index in [2.05, 4.69) is 51.9 Å². The van der Waals surface area contributed by atoms with Crippen molar-refractivity contribution in [1.82, 2.24) is 0 Å². The van der Waals surface area contributed by atoms with Crippen LogP contribution < -0.4 is 0 Å². The molecule has 0 amide bonds. The van der Waals surface area contributed by atoms with Crippen molar-refractivity contribution in [3.8, 4) is 0 Å². The molecular weight excluding hydrogens is 464 g/mol. The molecule has 0 radical (unpaired) electrons. The van der Waals surface area contributed by atoms with Crippen LogP contribution in [0.5, 0.6) is 0 Å². The molecule has 1 heterocycles. The maximum Gasteiger partial charge on any atom is 0.316 e. The molecule has 1 saturated heterocycles. The molecule has 0 aromatic carbocycles. The molecular formula is C26H40O6Si2. The lowest BCUT2D eigenvalue weighted by atomic mass is 9.62. The van der Waals surface area contributed by atoms with Crippen LogP contribution in [0.4, 0.5) is 0 Å². The summed E-state index contributed by atoms with van der Waals surface area (Å²) in [4.78, 5) is 27.1. The van der Waals surface area contributed by atoms with Crippen LogP contribution in [0.1, 0.15) is 32.6 Å². The first-order chi connectivity index (χ1) is 15.5. The molecule has 5 aliphatic rings. The van der Waals surface area contributed by atoms with E-state index in [0.29, 0.717) is 6.42 Å². The Labute approximate surface area is 205 Å². The molecule has 188 valence electrons. The van der Waals surface area contributed by atoms with Gasteiger partial charge in [0.15, 0.2) is 16.6 Å². The van der Waals surface area contributed by atoms with Crippen molar-refractivity contribution in [2.45, 2.75) is 89.2 Å². The predicted molar refractivity (Wildman–Crippen MR) is 134 cm³/mol. The van der Waals surface area contributed by atoms with E-state index in [4.69, 9.17) is 18.3 Å². The van der Waals surface area contributed by atoms with Gasteiger partial charge in [-0.05, 0) is 82.9 Å². The molecule has 1 aliphatic heterocycles. The van der Waals surface area contributed by atoms with Gasteiger partial charge in [-0.2, -0.15) is 0 Å². The van der Waals surface area contributed by atoms with Crippen molar-refractivity contribution in [3.63, 3.8) is 0 Å². The maximum absolute atomic E-state index is 13.7. The molecule has 0 aromatic heterocycles. The number of hydrogen-bond acceptors (Lipinski definition) is 6. The monoisotopic (exact) mass is 504 g/mol. The number of methoxy groups -OCH3 is 1. The number of esters is 2. The zero-order valence-electron chi connectivity index (χ0n) is 21.9. The lowest BCUT2D eigenvalue weighted by molar-refractivity contribution is -0.171. The third kappa shape index (κ3) is 2.97. The summed E-state index contributed by atoms with van der Waals surface area (Å²) in [7, 11) is -2.41. The van der Waals surface area contributed by atoms with Gasteiger partial charge in [0.1, 0.15) is 11.7 Å². The Hall–Kier alpha value is -1.23. The van der Waals surface area contributed by atoms with Crippen molar-refractivity contribution in [1.29, 1.82) is 0 Å². The van der Waals surface area contributed by atoms with Gasteiger partial charge >= 0.3 is 11.9 Å². The third-order valence-electron chi connectivity index (χ3n) is 9.17. The molecule has 5 rings (SSSR count). The second kappa shape index (κ2) is 6.96. The fourth-order valence-electron chi connectivity index (χ4n) is 8.52. The van der Waals surface area contributed by atoms with Crippen molar-refractivity contribution in [3.05, 3.63) is 24.3 Å². The van der Waals surface area contributed by atoms with Crippen molar-refractivity contribution in [2.24, 2.45) is 28.6 Å². The molecule has 4 unspecified atom stereocenters. The molecule has 6 nitrogen and oxygen atoms in total. The minimum absolute atomic E-state index is 0.0104. The fourth-order valence-corrected chi connectivity index (χ4v) is 11.0. The van der Waals surface area contributed by atoms with Crippen LogP contribution in [0, 0.1) is 28.6 Å². The first-order valence-electron chi connectivity index (χ1n) is 12.6. The second-order valence-electron chi connectivity index (χ2n) is 13.5. The summed E-state index contributed by atoms with van der Waals surface area (Å²) in [5.74, 6) is -1.30. The minimum Gasteiger partial charge on any atom is -0.469 e. The summed E-state index contributed by atoms with van der Waals surface area (Å²) >= 11 is 0. The molecule has 8 heteroatoms. The normalized spacial score (nSPS) is 46.8. The smallest absolute Gasteiger partial charge is 0.316 e. The van der Waals surface area contributed by atoms with E-state index in [1.54, 1.807) is 0 Å². The first-order valence-corrected chi connectivity index (χ1v) is 19.4. The van der Waals surface area contributed by atoms with Gasteiger partial charge in [-0.3, -0.25) is 9.59 Å². The number of rotatable bonds is 5. The predicted octanol–water partition coefficient (Wildman–Crippen LogP) is 4.83. The Morgan fingerprint density at radius 2 is 1.85 bits per heavy atom. The summed E-state index contributed by atoms with van der Waals surface area (Å²) in [6.45, 7) is 19.6. The summed E-state index contributed by atoms with van der Waals surface area (Å²) in [6, 6.07) is 0. The summed E-state index contributed by atoms with van der Waals surface area (Å²) < 4.78 is 25.5. The zero-order valence-corrected chi connectivity index (χ0v) is 23.9. The highest BCUT2D eigenvalue weighted by molar-refractivity contribution is 6.70. The average molecular weight is 505 g/mol. The van der Waals surface area contributed by atoms with Gasteiger partial charge in [0.25, 0.3) is 0 Å². The topological polar surface area (TPSA) is 71.1 Å². The summed E-state index contributed by atoms with van der Waals surface area (Å²) in [6.07, 6.45) is 6.73. The molecule has 0 aromatic rings. The molecule has 34 heavy (non-hydrogen) atoms. The molecule has 4 fully saturated rings. The van der Waals surface area contributed by atoms with Crippen LogP contribution >= 0.6 is 0 Å². The number of ether oxygens (including phenoxy) is 2. The minimum atomic E-state index is -1.99. The van der Waals surface area contributed by atoms with Crippen LogP contribution in [0.2, 0.25) is 39.3 Å². The van der Waals surface area contributed by atoms with Crippen molar-refractivity contribution >= 4 is 28.6 Å². The highest BCUT2D eigenvalue weighted by Crippen LogP contribution is 2.78. The Bertz CT molecular complexity index is 994. The summed E-state index contributed by atoms with van der Waals surface area (Å²) in [5.41, 5.74) is -1.48. The molecule has 3 saturated carbocycles. The molecule has 4 bridgehead atoms. The van der Waals surface area contributed by atoms with Gasteiger partial charge in [0.05, 0.1) is 24.0 Å². The molecule has 4 aliphatic carbocycles. The van der Waals surface area contributed by atoms with Gasteiger partial charge in [0.2, 0.25) is 0 Å². The van der Waals surface area contributed by atoms with Crippen LogP contribution in [0.25, 0.3) is 0 Å². The largest absolute Gasteiger partial charge is 0.469 e. The molecule has 1 spiro atoms. The quantitative estimate of drug-likeness (QED) is 0.303. The van der Waals surface area contributed by atoms with Gasteiger partial charge in [-0.25, -0.2) is 0 Å². The first kappa shape index (κ1) is 24.5. The van der Waals surface area contributed by atoms with Gasteiger partial charge < -0.3 is 18.3 Å². The fraction of sp³-hybridized carbons (Fsp3) is 0.769. The van der Waals surface area contributed by atoms with Crippen molar-refractivity contribution < 1.29 is 27.9 Å². The standard InChI is InChI=1S/C26H40O6Si2/c1-16-14-24-15-25(16,32-34(7,8)9)13-10-17(24)26-18(31-33(4,5)6)11-12-23(2,22(28)30-26)20(26)19(24)21(27)29-3/h11-12,17-20H,1,10,13-15H2,2-9H3/t17?,18-,19?,20?,23?,24+,25+,26+/m1/s1. The van der Waals surface area contributed by atoms with Crippen molar-refractivity contribution in [2.75, 3.05) is 7.11 Å². The number of hydrogen-bond donors (Lipinski definition) is 0. The lowest BCUT2D eigenvalue weighted by Crippen LogP contribution is -2.58. The Morgan fingerprint density at radius 3 is 2.44 bits per heavy atom. The SMILES string of the molecule is C=C1C[C@]23C[C@@]1(O[Si](C)(C)C)CCC2[C@]12OC(=O)C(C)(C=C[C@H]1O[Si](C)(C)C)C2C3C(=O)OC. The number of fused-ring (bicyclic) bond motifs is 1. The Balaban J connectivity index is 1.71. The van der Waals surface area contributed by atoms with E-state index in [0.717, 1.165) is 24.8 Å². The maximum atomic E-state index is 13.7. The van der Waals surface area contributed by atoms with E-state index >= 15 is 0 Å². The zero-order chi connectivity index (χ0) is 25.1. The second-order valence-corrected chi connectivity index (χ2v) is 22.4. The van der Waals surface area contributed by atoms with Crippen LogP contribution in [0.3, 0.4) is 0 Å². The lowest BCUT2D eigenvalue weighted by Gasteiger charge is -2.50. The molecule has 8 atom stereocenters. The van der Waals surface area contributed by atoms with Crippen LogP contribution in [-0.4, -0.2) is 53.0 Å². The highest BCUT2D eigenvalue weighted by Gasteiger charge is 2.85. The number of carbonyl (C=O) groups is 2. The molecule has 0 N–H and O–H groups in total. The summed E-state index contributed by atoms with van der Waals surface area (Å²) in [5, 5.41) is 0. The van der Waals surface area contributed by atoms with E-state index < -0.39 is 44.6 Å². The highest BCUT2D eigenvalue weighted by atomic mass is 28.4. The van der Waals surface area contributed by atoms with Crippen LogP contribution in [-0.2, 0) is 27.9 Å². The average Bonchev–Trinajstić information content (AvgIpc) is 3.12. The van der Waals surface area contributed by atoms with Crippen LogP contribution in [0.15, 0.2) is 24.3 Å². The van der Waals surface area contributed by atoms with E-state index in [-0.39, 0.29) is 29.9 Å². The van der Waals surface area contributed by atoms with Gasteiger partial charge in [0, 0.05) is 11.8 Å². The van der Waals surface area contributed by atoms with E-state index in [1.165, 1.54) is 7.11 Å². The Morgan fingerprint density at radius 1 is 1.18 bits per heavy atom.